The third-order valence-corrected chi connectivity index (χ3v) is 6.27. The van der Waals surface area contributed by atoms with Gasteiger partial charge in [-0.25, -0.2) is 0 Å². The molecule has 0 bridgehead atoms. The minimum atomic E-state index is -1.37. The van der Waals surface area contributed by atoms with Crippen molar-refractivity contribution in [2.45, 2.75) is 140 Å². The molecule has 7 atom stereocenters. The van der Waals surface area contributed by atoms with Crippen molar-refractivity contribution in [2.75, 3.05) is 6.61 Å². The Morgan fingerprint density at radius 1 is 0.844 bits per heavy atom. The second kappa shape index (κ2) is 17.9. The Morgan fingerprint density at radius 2 is 1.41 bits per heavy atom. The molecular weight excluding hydrogens is 410 g/mol. The first kappa shape index (κ1) is 29.5. The van der Waals surface area contributed by atoms with Crippen molar-refractivity contribution in [3.05, 3.63) is 12.2 Å². The fourth-order valence-electron chi connectivity index (χ4n) is 4.00. The average Bonchev–Trinajstić information content (AvgIpc) is 2.79. The maximum Gasteiger partial charge on any atom is 0.186 e. The molecule has 190 valence electrons. The summed E-state index contributed by atoms with van der Waals surface area (Å²) in [6, 6.07) is -0.677. The topological polar surface area (TPSA) is 125 Å². The standard InChI is InChI=1S/C25H49NO6/c1-3-5-6-7-8-9-10-11-12-13-14-15-16-17-20(27)19(26)18-31-25-24(30)23(29)22(28)21(4-2)32-25/h16-17,19-25,27-30H,3-15,18,26H2,1-2H3/b17-16+/t19-,20+,21?,22?,23?,24?,25?/m0/s1. The molecule has 1 rings (SSSR count). The molecule has 7 heteroatoms. The van der Waals surface area contributed by atoms with Crippen LogP contribution < -0.4 is 5.73 Å². The number of unbranched alkanes of at least 4 members (excludes halogenated alkanes) is 11. The molecule has 7 nitrogen and oxygen atoms in total. The summed E-state index contributed by atoms with van der Waals surface area (Å²) in [7, 11) is 0. The van der Waals surface area contributed by atoms with Crippen LogP contribution in [0.3, 0.4) is 0 Å². The van der Waals surface area contributed by atoms with Crippen LogP contribution in [-0.2, 0) is 9.47 Å². The maximum atomic E-state index is 10.2. The van der Waals surface area contributed by atoms with E-state index in [1.54, 1.807) is 6.08 Å². The molecule has 1 fully saturated rings. The van der Waals surface area contributed by atoms with Gasteiger partial charge >= 0.3 is 0 Å². The van der Waals surface area contributed by atoms with Crippen LogP contribution >= 0.6 is 0 Å². The molecule has 0 aliphatic carbocycles. The Balaban J connectivity index is 2.10. The van der Waals surface area contributed by atoms with Crippen LogP contribution in [0.15, 0.2) is 12.2 Å². The summed E-state index contributed by atoms with van der Waals surface area (Å²) in [6.45, 7) is 4.02. The maximum absolute atomic E-state index is 10.2. The molecule has 1 aliphatic rings. The summed E-state index contributed by atoms with van der Waals surface area (Å²) in [4.78, 5) is 0. The van der Waals surface area contributed by atoms with Gasteiger partial charge in [0.05, 0.1) is 24.9 Å². The third-order valence-electron chi connectivity index (χ3n) is 6.27. The Morgan fingerprint density at radius 3 is 1.97 bits per heavy atom. The minimum Gasteiger partial charge on any atom is -0.388 e. The summed E-state index contributed by atoms with van der Waals surface area (Å²) in [5, 5.41) is 40.0. The van der Waals surface area contributed by atoms with E-state index in [0.29, 0.717) is 6.42 Å². The van der Waals surface area contributed by atoms with Crippen molar-refractivity contribution in [1.82, 2.24) is 0 Å². The highest BCUT2D eigenvalue weighted by molar-refractivity contribution is 4.94. The predicted molar refractivity (Wildman–Crippen MR) is 127 cm³/mol. The molecule has 5 unspecified atom stereocenters. The molecule has 0 aromatic carbocycles. The Bertz CT molecular complexity index is 475. The smallest absolute Gasteiger partial charge is 0.186 e. The van der Waals surface area contributed by atoms with Crippen molar-refractivity contribution in [2.24, 2.45) is 5.73 Å². The molecular formula is C25H49NO6. The lowest BCUT2D eigenvalue weighted by molar-refractivity contribution is -0.298. The molecule has 0 spiro atoms. The number of allylic oxidation sites excluding steroid dienone is 1. The zero-order valence-electron chi connectivity index (χ0n) is 20.3. The first-order chi connectivity index (χ1) is 15.4. The van der Waals surface area contributed by atoms with E-state index in [0.717, 1.165) is 12.8 Å². The summed E-state index contributed by atoms with van der Waals surface area (Å²) >= 11 is 0. The normalized spacial score (nSPS) is 28.3. The minimum absolute atomic E-state index is 0.0368. The van der Waals surface area contributed by atoms with Crippen molar-refractivity contribution in [3.8, 4) is 0 Å². The molecule has 0 radical (unpaired) electrons. The number of aliphatic hydroxyl groups excluding tert-OH is 4. The van der Waals surface area contributed by atoms with Gasteiger partial charge in [0.1, 0.15) is 18.3 Å². The summed E-state index contributed by atoms with van der Waals surface area (Å²) < 4.78 is 11.0. The first-order valence-electron chi connectivity index (χ1n) is 12.8. The molecule has 0 aromatic rings. The predicted octanol–water partition coefficient (Wildman–Crippen LogP) is 3.17. The lowest BCUT2D eigenvalue weighted by Crippen LogP contribution is -2.58. The average molecular weight is 460 g/mol. The fraction of sp³-hybridized carbons (Fsp3) is 0.920. The third kappa shape index (κ3) is 11.5. The van der Waals surface area contributed by atoms with Crippen LogP contribution in [0.25, 0.3) is 0 Å². The highest BCUT2D eigenvalue weighted by Crippen LogP contribution is 2.24. The molecule has 0 amide bonds. The van der Waals surface area contributed by atoms with E-state index < -0.39 is 42.9 Å². The Kier molecular flexibility index (Phi) is 16.5. The van der Waals surface area contributed by atoms with Crippen molar-refractivity contribution >= 4 is 0 Å². The van der Waals surface area contributed by atoms with Gasteiger partial charge in [-0.1, -0.05) is 90.2 Å². The second-order valence-electron chi connectivity index (χ2n) is 9.16. The van der Waals surface area contributed by atoms with Gasteiger partial charge in [-0.3, -0.25) is 0 Å². The van der Waals surface area contributed by atoms with Crippen molar-refractivity contribution < 1.29 is 29.9 Å². The Hall–Kier alpha value is -0.540. The summed E-state index contributed by atoms with van der Waals surface area (Å²) in [5.74, 6) is 0. The molecule has 1 saturated heterocycles. The molecule has 32 heavy (non-hydrogen) atoms. The fourth-order valence-corrected chi connectivity index (χ4v) is 4.00. The van der Waals surface area contributed by atoms with Crippen LogP contribution in [0.2, 0.25) is 0 Å². The number of rotatable bonds is 18. The zero-order valence-corrected chi connectivity index (χ0v) is 20.3. The highest BCUT2D eigenvalue weighted by atomic mass is 16.7. The molecule has 0 aromatic heterocycles. The van der Waals surface area contributed by atoms with Gasteiger partial charge in [-0.2, -0.15) is 0 Å². The van der Waals surface area contributed by atoms with Gasteiger partial charge in [0, 0.05) is 0 Å². The summed E-state index contributed by atoms with van der Waals surface area (Å²) in [5.41, 5.74) is 5.98. The Labute approximate surface area is 195 Å². The second-order valence-corrected chi connectivity index (χ2v) is 9.16. The number of ether oxygens (including phenoxy) is 2. The van der Waals surface area contributed by atoms with Gasteiger partial charge in [-0.15, -0.1) is 0 Å². The van der Waals surface area contributed by atoms with Crippen molar-refractivity contribution in [1.29, 1.82) is 0 Å². The first-order valence-corrected chi connectivity index (χ1v) is 12.8. The van der Waals surface area contributed by atoms with E-state index in [-0.39, 0.29) is 6.61 Å². The van der Waals surface area contributed by atoms with Crippen LogP contribution in [0.1, 0.15) is 97.3 Å². The van der Waals surface area contributed by atoms with Gasteiger partial charge < -0.3 is 35.6 Å². The van der Waals surface area contributed by atoms with Gasteiger partial charge in [0.25, 0.3) is 0 Å². The van der Waals surface area contributed by atoms with Crippen LogP contribution in [0, 0.1) is 0 Å². The highest BCUT2D eigenvalue weighted by Gasteiger charge is 2.43. The largest absolute Gasteiger partial charge is 0.388 e. The van der Waals surface area contributed by atoms with Gasteiger partial charge in [0.2, 0.25) is 0 Å². The molecule has 6 N–H and O–H groups in total. The van der Waals surface area contributed by atoms with E-state index in [1.165, 1.54) is 64.2 Å². The summed E-state index contributed by atoms with van der Waals surface area (Å²) in [6.07, 6.45) is 13.0. The lowest BCUT2D eigenvalue weighted by Gasteiger charge is -2.40. The monoisotopic (exact) mass is 459 g/mol. The molecule has 1 heterocycles. The zero-order chi connectivity index (χ0) is 23.8. The van der Waals surface area contributed by atoms with Crippen LogP contribution in [0.5, 0.6) is 0 Å². The molecule has 0 saturated carbocycles. The number of nitrogens with two attached hydrogens (primary N) is 1. The number of hydrogen-bond donors (Lipinski definition) is 5. The van der Waals surface area contributed by atoms with E-state index in [1.807, 2.05) is 13.0 Å². The van der Waals surface area contributed by atoms with Crippen LogP contribution in [-0.4, -0.2) is 69.9 Å². The van der Waals surface area contributed by atoms with E-state index in [4.69, 9.17) is 15.2 Å². The SMILES string of the molecule is CCCCCCCCCCCCC/C=C/[C@@H](O)[C@@H](N)COC1OC(CC)C(O)C(O)C1O. The van der Waals surface area contributed by atoms with Gasteiger partial charge in [0.15, 0.2) is 6.29 Å². The van der Waals surface area contributed by atoms with E-state index in [9.17, 15) is 20.4 Å². The molecule has 1 aliphatic heterocycles. The van der Waals surface area contributed by atoms with E-state index >= 15 is 0 Å². The quantitative estimate of drug-likeness (QED) is 0.157. The lowest BCUT2D eigenvalue weighted by atomic mass is 9.97. The van der Waals surface area contributed by atoms with E-state index in [2.05, 4.69) is 6.92 Å². The number of aliphatic hydroxyl groups is 4. The number of hydrogen-bond acceptors (Lipinski definition) is 7. The van der Waals surface area contributed by atoms with Gasteiger partial charge in [-0.05, 0) is 19.3 Å². The van der Waals surface area contributed by atoms with Crippen molar-refractivity contribution in [3.63, 3.8) is 0 Å². The van der Waals surface area contributed by atoms with Crippen LogP contribution in [0.4, 0.5) is 0 Å².